The van der Waals surface area contributed by atoms with Crippen LogP contribution in [0.5, 0.6) is 5.75 Å². The van der Waals surface area contributed by atoms with Gasteiger partial charge in [0.15, 0.2) is 0 Å². The third kappa shape index (κ3) is 5.71. The van der Waals surface area contributed by atoms with Crippen LogP contribution in [-0.4, -0.2) is 42.5 Å². The van der Waals surface area contributed by atoms with Crippen LogP contribution in [0.25, 0.3) is 16.9 Å². The van der Waals surface area contributed by atoms with Crippen molar-refractivity contribution in [2.24, 2.45) is 10.1 Å². The van der Waals surface area contributed by atoms with Gasteiger partial charge < -0.3 is 4.74 Å². The van der Waals surface area contributed by atoms with Crippen molar-refractivity contribution in [3.63, 3.8) is 0 Å². The Labute approximate surface area is 218 Å². The molecule has 1 aromatic heterocycles. The number of non-ortho nitro benzene ring substituents is 1. The highest BCUT2D eigenvalue weighted by atomic mass is 32.2. The number of benzene rings is 3. The molecule has 3 N–H and O–H groups in total. The second-order valence-corrected chi connectivity index (χ2v) is 9.97. The summed E-state index contributed by atoms with van der Waals surface area (Å²) in [5.41, 5.74) is 2.98. The number of aromatic amines is 1. The van der Waals surface area contributed by atoms with Crippen molar-refractivity contribution in [3.8, 4) is 22.7 Å². The first-order chi connectivity index (χ1) is 18.1. The maximum Gasteiger partial charge on any atom is 0.280 e. The second kappa shape index (κ2) is 10.8. The summed E-state index contributed by atoms with van der Waals surface area (Å²) >= 11 is 0. The van der Waals surface area contributed by atoms with Crippen LogP contribution in [0.15, 0.2) is 87.5 Å². The molecule has 0 bridgehead atoms. The van der Waals surface area contributed by atoms with Crippen LogP contribution in [0.4, 0.5) is 5.69 Å². The molecule has 3 aromatic carbocycles. The summed E-state index contributed by atoms with van der Waals surface area (Å²) in [4.78, 5) is 28.7. The lowest BCUT2D eigenvalue weighted by Crippen LogP contribution is -2.20. The molecule has 0 fully saturated rings. The Morgan fingerprint density at radius 1 is 1.05 bits per heavy atom. The SMILES string of the molecule is COc1ccc(-c2[nH]n(-c3ccc([N+](=O)[O-])cc3)c(=O)c2C(C)=NCCc2ccc(S(N)(=O)=O)cc2)cc1. The summed E-state index contributed by atoms with van der Waals surface area (Å²) in [7, 11) is -2.20. The van der Waals surface area contributed by atoms with E-state index in [1.165, 1.54) is 41.1 Å². The van der Waals surface area contributed by atoms with Gasteiger partial charge in [0.05, 0.1) is 33.9 Å². The number of hydrogen-bond acceptors (Lipinski definition) is 7. The highest BCUT2D eigenvalue weighted by molar-refractivity contribution is 7.89. The first kappa shape index (κ1) is 26.5. The van der Waals surface area contributed by atoms with Crippen LogP contribution >= 0.6 is 0 Å². The molecule has 0 spiro atoms. The van der Waals surface area contributed by atoms with Crippen LogP contribution in [0.2, 0.25) is 0 Å². The summed E-state index contributed by atoms with van der Waals surface area (Å²) in [5.74, 6) is 0.659. The number of hydrogen-bond donors (Lipinski definition) is 2. The van der Waals surface area contributed by atoms with E-state index in [-0.39, 0.29) is 16.1 Å². The van der Waals surface area contributed by atoms with Crippen LogP contribution < -0.4 is 15.4 Å². The largest absolute Gasteiger partial charge is 0.497 e. The van der Waals surface area contributed by atoms with E-state index in [2.05, 4.69) is 10.1 Å². The van der Waals surface area contributed by atoms with Crippen molar-refractivity contribution in [2.45, 2.75) is 18.2 Å². The van der Waals surface area contributed by atoms with Gasteiger partial charge in [0.2, 0.25) is 10.0 Å². The minimum Gasteiger partial charge on any atom is -0.497 e. The minimum absolute atomic E-state index is 0.0317. The number of aliphatic imine (C=N–C) groups is 1. The molecule has 12 heteroatoms. The molecule has 11 nitrogen and oxygen atoms in total. The molecule has 0 aliphatic heterocycles. The molecular weight excluding hydrogens is 510 g/mol. The van der Waals surface area contributed by atoms with Crippen molar-refractivity contribution in [2.75, 3.05) is 13.7 Å². The van der Waals surface area contributed by atoms with Gasteiger partial charge in [-0.1, -0.05) is 12.1 Å². The molecule has 196 valence electrons. The van der Waals surface area contributed by atoms with E-state index in [1.54, 1.807) is 38.3 Å². The molecule has 0 radical (unpaired) electrons. The zero-order valence-electron chi connectivity index (χ0n) is 20.6. The number of aromatic nitrogens is 2. The molecule has 0 amide bonds. The number of nitrogens with one attached hydrogen (secondary N) is 1. The molecule has 0 aliphatic carbocycles. The Balaban J connectivity index is 1.69. The predicted octanol–water partition coefficient (Wildman–Crippen LogP) is 3.45. The van der Waals surface area contributed by atoms with Crippen molar-refractivity contribution < 1.29 is 18.1 Å². The lowest BCUT2D eigenvalue weighted by atomic mass is 10.0. The van der Waals surface area contributed by atoms with Gasteiger partial charge in [-0.25, -0.2) is 18.2 Å². The maximum absolute atomic E-state index is 13.5. The Morgan fingerprint density at radius 3 is 2.24 bits per heavy atom. The van der Waals surface area contributed by atoms with Crippen molar-refractivity contribution in [1.82, 2.24) is 9.78 Å². The molecule has 38 heavy (non-hydrogen) atoms. The molecule has 0 saturated carbocycles. The lowest BCUT2D eigenvalue weighted by molar-refractivity contribution is -0.384. The maximum atomic E-state index is 13.5. The molecule has 4 rings (SSSR count). The molecule has 0 unspecified atom stereocenters. The number of nitrogens with two attached hydrogens (primary N) is 1. The summed E-state index contributed by atoms with van der Waals surface area (Å²) in [6.07, 6.45) is 0.515. The molecular formula is C26H25N5O6S. The Bertz CT molecular complexity index is 1650. The Kier molecular flexibility index (Phi) is 7.55. The third-order valence-corrected chi connectivity index (χ3v) is 6.88. The first-order valence-electron chi connectivity index (χ1n) is 11.5. The number of nitro benzene ring substituents is 1. The van der Waals surface area contributed by atoms with Gasteiger partial charge in [0.25, 0.3) is 11.2 Å². The summed E-state index contributed by atoms with van der Waals surface area (Å²) in [6, 6.07) is 19.1. The van der Waals surface area contributed by atoms with Crippen LogP contribution in [0, 0.1) is 10.1 Å². The van der Waals surface area contributed by atoms with Crippen molar-refractivity contribution >= 4 is 21.4 Å². The van der Waals surface area contributed by atoms with Crippen molar-refractivity contribution in [3.05, 3.63) is 104 Å². The smallest absolute Gasteiger partial charge is 0.280 e. The van der Waals surface area contributed by atoms with Gasteiger partial charge in [0, 0.05) is 30.0 Å². The number of nitrogens with zero attached hydrogens (tertiary/aromatic N) is 3. The van der Waals surface area contributed by atoms with Crippen molar-refractivity contribution in [1.29, 1.82) is 0 Å². The number of methoxy groups -OCH3 is 1. The molecule has 0 aliphatic rings. The van der Waals surface area contributed by atoms with Gasteiger partial charge in [0.1, 0.15) is 5.75 Å². The van der Waals surface area contributed by atoms with Crippen LogP contribution in [-0.2, 0) is 16.4 Å². The van der Waals surface area contributed by atoms with Gasteiger partial charge in [-0.05, 0) is 67.4 Å². The van der Waals surface area contributed by atoms with Crippen LogP contribution in [0.3, 0.4) is 0 Å². The molecule has 0 atom stereocenters. The Hall–Kier alpha value is -4.55. The fourth-order valence-electron chi connectivity index (χ4n) is 3.92. The minimum atomic E-state index is -3.77. The molecule has 1 heterocycles. The van der Waals surface area contributed by atoms with E-state index < -0.39 is 14.9 Å². The number of rotatable bonds is 9. The third-order valence-electron chi connectivity index (χ3n) is 5.95. The standard InChI is InChI=1S/C26H25N5O6S/c1-17(28-16-15-18-3-13-23(14-4-18)38(27,35)36)24-25(19-5-11-22(37-2)12-6-19)29-30(26(24)32)20-7-9-21(10-8-20)31(33)34/h3-14,29H,15-16H2,1-2H3,(H2,27,35,36). The van der Waals surface area contributed by atoms with E-state index >= 15 is 0 Å². The van der Waals surface area contributed by atoms with Gasteiger partial charge in [-0.3, -0.25) is 25.0 Å². The number of nitro groups is 1. The highest BCUT2D eigenvalue weighted by Crippen LogP contribution is 2.25. The Morgan fingerprint density at radius 2 is 1.68 bits per heavy atom. The predicted molar refractivity (Wildman–Crippen MR) is 144 cm³/mol. The number of H-pyrrole nitrogens is 1. The van der Waals surface area contributed by atoms with Gasteiger partial charge in [-0.2, -0.15) is 0 Å². The fraction of sp³-hybridized carbons (Fsp3) is 0.154. The number of primary sulfonamides is 1. The summed E-state index contributed by atoms with van der Waals surface area (Å²) < 4.78 is 29.5. The van der Waals surface area contributed by atoms with Gasteiger partial charge >= 0.3 is 0 Å². The normalized spacial score (nSPS) is 11.9. The van der Waals surface area contributed by atoms with Gasteiger partial charge in [-0.15, -0.1) is 0 Å². The quantitative estimate of drug-likeness (QED) is 0.189. The fourth-order valence-corrected chi connectivity index (χ4v) is 4.44. The van der Waals surface area contributed by atoms with E-state index in [1.807, 2.05) is 12.1 Å². The number of sulfonamides is 1. The first-order valence-corrected chi connectivity index (χ1v) is 13.0. The average molecular weight is 536 g/mol. The number of ether oxygens (including phenoxy) is 1. The van der Waals surface area contributed by atoms with E-state index in [4.69, 9.17) is 9.88 Å². The van der Waals surface area contributed by atoms with E-state index in [9.17, 15) is 23.3 Å². The highest BCUT2D eigenvalue weighted by Gasteiger charge is 2.20. The topological polar surface area (TPSA) is 163 Å². The monoisotopic (exact) mass is 535 g/mol. The summed E-state index contributed by atoms with van der Waals surface area (Å²) in [6.45, 7) is 2.09. The second-order valence-electron chi connectivity index (χ2n) is 8.41. The lowest BCUT2D eigenvalue weighted by Gasteiger charge is -2.05. The molecule has 0 saturated heterocycles. The zero-order valence-corrected chi connectivity index (χ0v) is 21.4. The van der Waals surface area contributed by atoms with E-state index in [0.29, 0.717) is 41.4 Å². The average Bonchev–Trinajstić information content (AvgIpc) is 3.25. The van der Waals surface area contributed by atoms with E-state index in [0.717, 1.165) is 11.1 Å². The van der Waals surface area contributed by atoms with Crippen LogP contribution in [0.1, 0.15) is 18.1 Å². The molecule has 4 aromatic rings. The zero-order chi connectivity index (χ0) is 27.4. The summed E-state index contributed by atoms with van der Waals surface area (Å²) in [5, 5.41) is 19.3.